The van der Waals surface area contributed by atoms with Crippen LogP contribution >= 0.6 is 0 Å². The molecule has 0 amide bonds. The number of carboxylic acids is 1. The number of sulfone groups is 1. The molecule has 2 aromatic rings. The van der Waals surface area contributed by atoms with Crippen LogP contribution in [-0.2, 0) is 14.6 Å². The molecule has 1 aromatic carbocycles. The molecule has 8 heteroatoms. The van der Waals surface area contributed by atoms with Gasteiger partial charge in [0, 0.05) is 11.6 Å². The first-order valence-corrected chi connectivity index (χ1v) is 8.05. The molecule has 0 saturated carbocycles. The van der Waals surface area contributed by atoms with Crippen LogP contribution in [0.5, 0.6) is 5.75 Å². The number of benzene rings is 1. The summed E-state index contributed by atoms with van der Waals surface area (Å²) in [4.78, 5) is 10.5. The second-order valence-electron chi connectivity index (χ2n) is 4.66. The molecule has 0 radical (unpaired) electrons. The number of carbonyl (C=O) groups is 1. The topological polar surface area (TPSA) is 107 Å². The largest absolute Gasteiger partial charge is 0.495 e. The first-order valence-electron chi connectivity index (χ1n) is 6.40. The van der Waals surface area contributed by atoms with E-state index in [0.29, 0.717) is 17.0 Å². The SMILES string of the molecule is COc1ccc(-c2cc(C)no2)cc1S(=O)(=O)CCC(=O)O. The summed E-state index contributed by atoms with van der Waals surface area (Å²) in [5.74, 6) is -1.10. The highest BCUT2D eigenvalue weighted by Gasteiger charge is 2.22. The van der Waals surface area contributed by atoms with Crippen molar-refractivity contribution in [1.29, 1.82) is 0 Å². The monoisotopic (exact) mass is 325 g/mol. The summed E-state index contributed by atoms with van der Waals surface area (Å²) in [7, 11) is -2.44. The summed E-state index contributed by atoms with van der Waals surface area (Å²) in [6.45, 7) is 1.75. The Labute approximate surface area is 127 Å². The van der Waals surface area contributed by atoms with Crippen molar-refractivity contribution in [3.8, 4) is 17.1 Å². The van der Waals surface area contributed by atoms with Crippen LogP contribution in [-0.4, -0.2) is 37.5 Å². The maximum atomic E-state index is 12.3. The maximum absolute atomic E-state index is 12.3. The Morgan fingerprint density at radius 1 is 1.36 bits per heavy atom. The lowest BCUT2D eigenvalue weighted by Crippen LogP contribution is -2.12. The third kappa shape index (κ3) is 3.45. The smallest absolute Gasteiger partial charge is 0.304 e. The van der Waals surface area contributed by atoms with Crippen molar-refractivity contribution >= 4 is 15.8 Å². The highest BCUT2D eigenvalue weighted by atomic mass is 32.2. The molecular formula is C14H15NO6S. The summed E-state index contributed by atoms with van der Waals surface area (Å²) in [6, 6.07) is 6.22. The average Bonchev–Trinajstić information content (AvgIpc) is 2.91. The van der Waals surface area contributed by atoms with Crippen LogP contribution in [0.15, 0.2) is 33.7 Å². The fraction of sp³-hybridized carbons (Fsp3) is 0.286. The molecule has 118 valence electrons. The number of hydrogen-bond donors (Lipinski definition) is 1. The van der Waals surface area contributed by atoms with Gasteiger partial charge in [-0.3, -0.25) is 4.79 Å². The van der Waals surface area contributed by atoms with Crippen LogP contribution in [0.3, 0.4) is 0 Å². The average molecular weight is 325 g/mol. The number of hydrogen-bond acceptors (Lipinski definition) is 6. The fourth-order valence-electron chi connectivity index (χ4n) is 1.90. The molecule has 0 aliphatic heterocycles. The molecule has 1 heterocycles. The van der Waals surface area contributed by atoms with E-state index in [2.05, 4.69) is 5.16 Å². The zero-order chi connectivity index (χ0) is 16.3. The number of aliphatic carboxylic acids is 1. The van der Waals surface area contributed by atoms with Gasteiger partial charge in [0.15, 0.2) is 15.6 Å². The zero-order valence-corrected chi connectivity index (χ0v) is 12.9. The molecule has 0 bridgehead atoms. The Balaban J connectivity index is 2.46. The van der Waals surface area contributed by atoms with Crippen molar-refractivity contribution in [3.63, 3.8) is 0 Å². The Morgan fingerprint density at radius 2 is 2.09 bits per heavy atom. The van der Waals surface area contributed by atoms with Gasteiger partial charge in [-0.25, -0.2) is 8.42 Å². The number of aryl methyl sites for hydroxylation is 1. The molecule has 0 saturated heterocycles. The molecule has 1 aromatic heterocycles. The van der Waals surface area contributed by atoms with Gasteiger partial charge in [-0.15, -0.1) is 0 Å². The molecule has 1 N–H and O–H groups in total. The number of methoxy groups -OCH3 is 1. The summed E-state index contributed by atoms with van der Waals surface area (Å²) in [5.41, 5.74) is 1.19. The molecule has 0 atom stereocenters. The second kappa shape index (κ2) is 6.18. The molecule has 22 heavy (non-hydrogen) atoms. The summed E-state index contributed by atoms with van der Waals surface area (Å²) in [5, 5.41) is 12.4. The predicted molar refractivity (Wildman–Crippen MR) is 77.5 cm³/mol. The number of rotatable bonds is 6. The quantitative estimate of drug-likeness (QED) is 0.864. The maximum Gasteiger partial charge on any atom is 0.304 e. The van der Waals surface area contributed by atoms with Crippen molar-refractivity contribution in [3.05, 3.63) is 30.0 Å². The van der Waals surface area contributed by atoms with Crippen molar-refractivity contribution < 1.29 is 27.6 Å². The normalized spacial score (nSPS) is 11.4. The van der Waals surface area contributed by atoms with Gasteiger partial charge in [-0.05, 0) is 25.1 Å². The lowest BCUT2D eigenvalue weighted by molar-refractivity contribution is -0.136. The van der Waals surface area contributed by atoms with Gasteiger partial charge in [-0.2, -0.15) is 0 Å². The van der Waals surface area contributed by atoms with Gasteiger partial charge >= 0.3 is 5.97 Å². The van der Waals surface area contributed by atoms with Gasteiger partial charge in [-0.1, -0.05) is 5.16 Å². The van der Waals surface area contributed by atoms with Crippen molar-refractivity contribution in [2.45, 2.75) is 18.2 Å². The van der Waals surface area contributed by atoms with Crippen molar-refractivity contribution in [2.24, 2.45) is 0 Å². The molecule has 0 spiro atoms. The van der Waals surface area contributed by atoms with Crippen LogP contribution in [0.25, 0.3) is 11.3 Å². The summed E-state index contributed by atoms with van der Waals surface area (Å²) < 4.78 is 34.8. The zero-order valence-electron chi connectivity index (χ0n) is 12.1. The van der Waals surface area contributed by atoms with Gasteiger partial charge in [0.2, 0.25) is 0 Å². The minimum atomic E-state index is -3.79. The number of aromatic nitrogens is 1. The first kappa shape index (κ1) is 16.0. The van der Waals surface area contributed by atoms with Crippen molar-refractivity contribution in [2.75, 3.05) is 12.9 Å². The van der Waals surface area contributed by atoms with E-state index in [9.17, 15) is 13.2 Å². The molecular weight excluding hydrogens is 310 g/mol. The van der Waals surface area contributed by atoms with Crippen molar-refractivity contribution in [1.82, 2.24) is 5.16 Å². The fourth-order valence-corrected chi connectivity index (χ4v) is 3.33. The van der Waals surface area contributed by atoms with Crippen LogP contribution in [0.4, 0.5) is 0 Å². The second-order valence-corrected chi connectivity index (χ2v) is 6.74. The number of carboxylic acid groups (broad SMARTS) is 1. The molecule has 7 nitrogen and oxygen atoms in total. The highest BCUT2D eigenvalue weighted by Crippen LogP contribution is 2.31. The Bertz CT molecular complexity index is 793. The molecule has 0 aliphatic carbocycles. The molecule has 0 aliphatic rings. The lowest BCUT2D eigenvalue weighted by atomic mass is 10.1. The van der Waals surface area contributed by atoms with E-state index in [-0.39, 0.29) is 10.6 Å². The minimum absolute atomic E-state index is 0.0668. The van der Waals surface area contributed by atoms with Gasteiger partial charge in [0.05, 0.1) is 25.0 Å². The van der Waals surface area contributed by atoms with E-state index in [1.165, 1.54) is 19.2 Å². The number of ether oxygens (including phenoxy) is 1. The van der Waals surface area contributed by atoms with Crippen LogP contribution in [0, 0.1) is 6.92 Å². The highest BCUT2D eigenvalue weighted by molar-refractivity contribution is 7.91. The third-order valence-corrected chi connectivity index (χ3v) is 4.73. The van der Waals surface area contributed by atoms with E-state index < -0.39 is 28.0 Å². The first-order chi connectivity index (χ1) is 10.3. The predicted octanol–water partition coefficient (Wildman–Crippen LogP) is 1.91. The van der Waals surface area contributed by atoms with Crippen LogP contribution in [0.2, 0.25) is 0 Å². The van der Waals surface area contributed by atoms with E-state index >= 15 is 0 Å². The van der Waals surface area contributed by atoms with E-state index in [1.807, 2.05) is 0 Å². The molecule has 0 fully saturated rings. The Hall–Kier alpha value is -2.35. The molecule has 2 rings (SSSR count). The minimum Gasteiger partial charge on any atom is -0.495 e. The van der Waals surface area contributed by atoms with Gasteiger partial charge in [0.1, 0.15) is 10.6 Å². The Kier molecular flexibility index (Phi) is 4.51. The van der Waals surface area contributed by atoms with Gasteiger partial charge < -0.3 is 14.4 Å². The molecule has 0 unspecified atom stereocenters. The summed E-state index contributed by atoms with van der Waals surface area (Å²) in [6.07, 6.45) is -0.475. The van der Waals surface area contributed by atoms with Crippen LogP contribution in [0.1, 0.15) is 12.1 Å². The van der Waals surface area contributed by atoms with E-state index in [4.69, 9.17) is 14.4 Å². The lowest BCUT2D eigenvalue weighted by Gasteiger charge is -2.10. The Morgan fingerprint density at radius 3 is 2.64 bits per heavy atom. The van der Waals surface area contributed by atoms with Gasteiger partial charge in [0.25, 0.3) is 0 Å². The van der Waals surface area contributed by atoms with Crippen LogP contribution < -0.4 is 4.74 Å². The summed E-state index contributed by atoms with van der Waals surface area (Å²) >= 11 is 0. The third-order valence-electron chi connectivity index (χ3n) is 3.00. The standard InChI is InChI=1S/C14H15NO6S/c1-9-7-12(21-15-9)10-3-4-11(20-2)13(8-10)22(18,19)6-5-14(16)17/h3-4,7-8H,5-6H2,1-2H3,(H,16,17). The van der Waals surface area contributed by atoms with E-state index in [0.717, 1.165) is 0 Å². The number of nitrogens with zero attached hydrogens (tertiary/aromatic N) is 1. The van der Waals surface area contributed by atoms with E-state index in [1.54, 1.807) is 19.1 Å².